The number of unbranched alkanes of at least 4 members (excludes halogenated alkanes) is 20. The first kappa shape index (κ1) is 58.1. The van der Waals surface area contributed by atoms with Gasteiger partial charge in [-0.25, -0.2) is 0 Å². The van der Waals surface area contributed by atoms with Gasteiger partial charge in [-0.05, 0) is 44.9 Å². The Balaban J connectivity index is 1.83. The van der Waals surface area contributed by atoms with E-state index in [1.807, 2.05) is 0 Å². The van der Waals surface area contributed by atoms with Gasteiger partial charge in [-0.2, -0.15) is 0 Å². The molecule has 2 heterocycles. The minimum Gasteiger partial charge on any atom is -0.462 e. The van der Waals surface area contributed by atoms with Crippen molar-refractivity contribution in [2.45, 2.75) is 248 Å². The monoisotopic (exact) mass is 917 g/mol. The Labute approximate surface area is 383 Å². The summed E-state index contributed by atoms with van der Waals surface area (Å²) in [5.74, 6) is -0.936. The molecule has 15 heteroatoms. The van der Waals surface area contributed by atoms with Crippen LogP contribution in [0.1, 0.15) is 181 Å². The van der Waals surface area contributed by atoms with Crippen LogP contribution < -0.4 is 0 Å². The highest BCUT2D eigenvalue weighted by Gasteiger charge is 2.47. The Hall–Kier alpha value is -2.02. The van der Waals surface area contributed by atoms with E-state index in [9.17, 15) is 45.3 Å². The number of esters is 2. The summed E-state index contributed by atoms with van der Waals surface area (Å²) < 4.78 is 33.5. The number of ether oxygens (including phenoxy) is 6. The first-order valence-corrected chi connectivity index (χ1v) is 24.9. The maximum Gasteiger partial charge on any atom is 0.306 e. The molecule has 0 bridgehead atoms. The van der Waals surface area contributed by atoms with E-state index in [0.29, 0.717) is 12.8 Å². The fourth-order valence-electron chi connectivity index (χ4n) is 7.78. The highest BCUT2D eigenvalue weighted by molar-refractivity contribution is 5.70. The third kappa shape index (κ3) is 25.2. The van der Waals surface area contributed by atoms with E-state index in [0.717, 1.165) is 64.2 Å². The zero-order chi connectivity index (χ0) is 46.8. The van der Waals surface area contributed by atoms with Crippen LogP contribution in [-0.2, 0) is 38.0 Å². The number of carbonyl (C=O) groups excluding carboxylic acids is 2. The first-order chi connectivity index (χ1) is 31.0. The van der Waals surface area contributed by atoms with Gasteiger partial charge >= 0.3 is 11.9 Å². The molecular weight excluding hydrogens is 829 g/mol. The van der Waals surface area contributed by atoms with E-state index >= 15 is 0 Å². The molecule has 15 nitrogen and oxygen atoms in total. The summed E-state index contributed by atoms with van der Waals surface area (Å²) in [6, 6.07) is 0. The summed E-state index contributed by atoms with van der Waals surface area (Å²) in [7, 11) is 0. The second-order valence-corrected chi connectivity index (χ2v) is 17.6. The minimum absolute atomic E-state index is 0.166. The quantitative estimate of drug-likeness (QED) is 0.0203. The van der Waals surface area contributed by atoms with Crippen LogP contribution in [0.3, 0.4) is 0 Å². The van der Waals surface area contributed by atoms with Crippen molar-refractivity contribution in [3.05, 3.63) is 24.3 Å². The number of allylic oxidation sites excluding steroid dienone is 4. The van der Waals surface area contributed by atoms with Gasteiger partial charge in [0.2, 0.25) is 0 Å². The normalized spacial score (nSPS) is 26.8. The molecule has 0 saturated carbocycles. The molecule has 7 N–H and O–H groups in total. The Morgan fingerprint density at radius 2 is 0.938 bits per heavy atom. The fourth-order valence-corrected chi connectivity index (χ4v) is 7.78. The van der Waals surface area contributed by atoms with E-state index in [2.05, 4.69) is 38.2 Å². The molecule has 0 aromatic carbocycles. The molecule has 2 aliphatic heterocycles. The topological polar surface area (TPSA) is 231 Å². The summed E-state index contributed by atoms with van der Waals surface area (Å²) in [6.45, 7) is 2.55. The lowest BCUT2D eigenvalue weighted by atomic mass is 9.98. The third-order valence-electron chi connectivity index (χ3n) is 11.9. The molecule has 0 unspecified atom stereocenters. The van der Waals surface area contributed by atoms with Crippen LogP contribution in [0.25, 0.3) is 0 Å². The van der Waals surface area contributed by atoms with Crippen LogP contribution in [0.4, 0.5) is 0 Å². The minimum atomic E-state index is -1.76. The lowest BCUT2D eigenvalue weighted by molar-refractivity contribution is -0.332. The fraction of sp³-hybridized carbons (Fsp3) is 0.878. The van der Waals surface area contributed by atoms with Crippen molar-refractivity contribution in [3.8, 4) is 0 Å². The molecule has 0 radical (unpaired) electrons. The molecule has 0 aromatic heterocycles. The Kier molecular flexibility index (Phi) is 33.6. The van der Waals surface area contributed by atoms with Gasteiger partial charge < -0.3 is 64.2 Å². The largest absolute Gasteiger partial charge is 0.462 e. The van der Waals surface area contributed by atoms with Crippen molar-refractivity contribution in [3.63, 3.8) is 0 Å². The maximum absolute atomic E-state index is 13.0. The lowest BCUT2D eigenvalue weighted by Gasteiger charge is -2.42. The van der Waals surface area contributed by atoms with Gasteiger partial charge in [0.15, 0.2) is 18.7 Å². The van der Waals surface area contributed by atoms with Crippen molar-refractivity contribution in [1.29, 1.82) is 0 Å². The van der Waals surface area contributed by atoms with Crippen LogP contribution in [0.15, 0.2) is 24.3 Å². The molecule has 2 fully saturated rings. The first-order valence-electron chi connectivity index (χ1n) is 24.9. The van der Waals surface area contributed by atoms with Gasteiger partial charge in [-0.1, -0.05) is 147 Å². The number of aliphatic hydroxyl groups excluding tert-OH is 7. The van der Waals surface area contributed by atoms with Gasteiger partial charge in [0, 0.05) is 12.8 Å². The van der Waals surface area contributed by atoms with Crippen LogP contribution in [0.2, 0.25) is 0 Å². The standard InChI is InChI=1S/C49H88O15/c1-3-5-7-9-11-13-15-17-18-20-21-23-25-27-29-31-40(51)59-34-37(62-41(52)32-30-28-26-24-22-19-16-14-12-10-8-6-4-2)35-60-48-47(58)45(56)43(54)39(64-48)36-61-49-46(57)44(55)42(53)38(33-50)63-49/h11,13,17-18,37-39,42-50,53-58H,3-10,12,14-16,19-36H2,1-2H3/b13-11-,18-17-/t37-,38+,39+,42-,43-,44-,45-,46+,47+,48+,49-/m0/s1. The van der Waals surface area contributed by atoms with Gasteiger partial charge in [0.25, 0.3) is 0 Å². The molecule has 64 heavy (non-hydrogen) atoms. The maximum atomic E-state index is 13.0. The highest BCUT2D eigenvalue weighted by Crippen LogP contribution is 2.26. The van der Waals surface area contributed by atoms with E-state index in [1.165, 1.54) is 77.0 Å². The van der Waals surface area contributed by atoms with E-state index in [-0.39, 0.29) is 26.1 Å². The molecule has 0 amide bonds. The molecule has 374 valence electrons. The van der Waals surface area contributed by atoms with Gasteiger partial charge in [0.05, 0.1) is 19.8 Å². The Morgan fingerprint density at radius 1 is 0.500 bits per heavy atom. The smallest absolute Gasteiger partial charge is 0.306 e. The lowest BCUT2D eigenvalue weighted by Crippen LogP contribution is -2.61. The Bertz CT molecular complexity index is 1220. The zero-order valence-electron chi connectivity index (χ0n) is 39.3. The SMILES string of the molecule is CCCCC/C=C\C/C=C\CCCCCCCC(=O)OC[C@@H](CO[C@@H]1O[C@H](CO[C@H]2O[C@H](CO)[C@H](O)[C@H](O)[C@H]2O)[C@H](O)[C@H](O)[C@H]1O)OC(=O)CCCCCCCCCCCCCCC. The number of hydrogen-bond acceptors (Lipinski definition) is 15. The molecule has 0 spiro atoms. The average molecular weight is 917 g/mol. The van der Waals surface area contributed by atoms with Gasteiger partial charge in [-0.3, -0.25) is 9.59 Å². The van der Waals surface area contributed by atoms with Crippen molar-refractivity contribution in [1.82, 2.24) is 0 Å². The highest BCUT2D eigenvalue weighted by atomic mass is 16.7. The number of aliphatic hydroxyl groups is 7. The third-order valence-corrected chi connectivity index (χ3v) is 11.9. The summed E-state index contributed by atoms with van der Waals surface area (Å²) in [4.78, 5) is 25.7. The second-order valence-electron chi connectivity index (χ2n) is 17.6. The second kappa shape index (κ2) is 37.0. The summed E-state index contributed by atoms with van der Waals surface area (Å²) in [5.41, 5.74) is 0. The molecule has 11 atom stereocenters. The number of rotatable bonds is 38. The predicted molar refractivity (Wildman–Crippen MR) is 243 cm³/mol. The van der Waals surface area contributed by atoms with Crippen LogP contribution >= 0.6 is 0 Å². The van der Waals surface area contributed by atoms with Gasteiger partial charge in [-0.15, -0.1) is 0 Å². The van der Waals surface area contributed by atoms with E-state index in [4.69, 9.17) is 28.4 Å². The van der Waals surface area contributed by atoms with Crippen molar-refractivity contribution in [2.24, 2.45) is 0 Å². The Morgan fingerprint density at radius 3 is 1.48 bits per heavy atom. The summed E-state index contributed by atoms with van der Waals surface area (Å²) in [5, 5.41) is 72.0. The van der Waals surface area contributed by atoms with Crippen LogP contribution in [-0.4, -0.2) is 142 Å². The molecule has 0 aliphatic carbocycles. The molecule has 2 aliphatic rings. The molecule has 2 saturated heterocycles. The average Bonchev–Trinajstić information content (AvgIpc) is 3.29. The van der Waals surface area contributed by atoms with E-state index < -0.39 is 92.7 Å². The van der Waals surface area contributed by atoms with Crippen molar-refractivity contribution >= 4 is 11.9 Å². The summed E-state index contributed by atoms with van der Waals surface area (Å²) >= 11 is 0. The van der Waals surface area contributed by atoms with Crippen LogP contribution in [0.5, 0.6) is 0 Å². The molecule has 2 rings (SSSR count). The summed E-state index contributed by atoms with van der Waals surface area (Å²) in [6.07, 6.45) is 19.2. The number of carbonyl (C=O) groups is 2. The molecule has 0 aromatic rings. The van der Waals surface area contributed by atoms with Crippen molar-refractivity contribution < 1.29 is 73.8 Å². The van der Waals surface area contributed by atoms with Gasteiger partial charge in [0.1, 0.15) is 55.4 Å². The van der Waals surface area contributed by atoms with E-state index in [1.54, 1.807) is 0 Å². The predicted octanol–water partition coefficient (Wildman–Crippen LogP) is 6.38. The number of hydrogen-bond donors (Lipinski definition) is 7. The van der Waals surface area contributed by atoms with Crippen molar-refractivity contribution in [2.75, 3.05) is 26.4 Å². The molecular formula is C49H88O15. The van der Waals surface area contributed by atoms with Crippen LogP contribution in [0, 0.1) is 0 Å². The zero-order valence-corrected chi connectivity index (χ0v) is 39.3.